The fraction of sp³-hybridized carbons (Fsp3) is 0.360. The normalized spacial score (nSPS) is 15.6. The van der Waals surface area contributed by atoms with E-state index in [2.05, 4.69) is 10.6 Å². The summed E-state index contributed by atoms with van der Waals surface area (Å²) in [6.45, 7) is 5.74. The lowest BCUT2D eigenvalue weighted by Gasteiger charge is -2.30. The predicted molar refractivity (Wildman–Crippen MR) is 123 cm³/mol. The molecule has 2 aromatic rings. The van der Waals surface area contributed by atoms with E-state index in [4.69, 9.17) is 18.9 Å². The van der Waals surface area contributed by atoms with Crippen molar-refractivity contribution in [3.63, 3.8) is 0 Å². The van der Waals surface area contributed by atoms with Crippen LogP contribution in [0, 0.1) is 0 Å². The topological polar surface area (TPSA) is 95.1 Å². The number of amides is 2. The zero-order valence-electron chi connectivity index (χ0n) is 19.6. The van der Waals surface area contributed by atoms with Crippen LogP contribution in [0.25, 0.3) is 0 Å². The number of hydrogen-bond acceptors (Lipinski definition) is 6. The van der Waals surface area contributed by atoms with Gasteiger partial charge in [0.1, 0.15) is 6.61 Å². The van der Waals surface area contributed by atoms with Gasteiger partial charge < -0.3 is 29.6 Å². The van der Waals surface area contributed by atoms with Crippen LogP contribution in [0.2, 0.25) is 0 Å². The van der Waals surface area contributed by atoms with Gasteiger partial charge in [-0.3, -0.25) is 0 Å². The minimum atomic E-state index is -0.745. The number of methoxy groups -OCH3 is 2. The van der Waals surface area contributed by atoms with E-state index < -0.39 is 18.0 Å². The number of nitrogens with one attached hydrogen (secondary N) is 2. The van der Waals surface area contributed by atoms with Crippen molar-refractivity contribution >= 4 is 12.0 Å². The molecule has 0 saturated heterocycles. The Balaban J connectivity index is 2.02. The molecule has 2 amide bonds. The highest BCUT2D eigenvalue weighted by Crippen LogP contribution is 2.42. The molecule has 1 unspecified atom stereocenters. The molecular weight excluding hydrogens is 424 g/mol. The smallest absolute Gasteiger partial charge is 0.338 e. The van der Waals surface area contributed by atoms with E-state index in [0.717, 1.165) is 5.56 Å². The zero-order valence-corrected chi connectivity index (χ0v) is 19.6. The van der Waals surface area contributed by atoms with Gasteiger partial charge in [-0.25, -0.2) is 9.59 Å². The minimum absolute atomic E-state index is 0.306. The lowest BCUT2D eigenvalue weighted by Crippen LogP contribution is -2.46. The van der Waals surface area contributed by atoms with Crippen molar-refractivity contribution in [1.29, 1.82) is 0 Å². The van der Waals surface area contributed by atoms with Crippen LogP contribution in [0.1, 0.15) is 44.4 Å². The van der Waals surface area contributed by atoms with Crippen LogP contribution in [0.4, 0.5) is 4.79 Å². The summed E-state index contributed by atoms with van der Waals surface area (Å²) in [4.78, 5) is 25.3. The molecule has 8 nitrogen and oxygen atoms in total. The second-order valence-electron chi connectivity index (χ2n) is 7.76. The minimum Gasteiger partial charge on any atom is -0.493 e. The Morgan fingerprint density at radius 3 is 2.24 bits per heavy atom. The van der Waals surface area contributed by atoms with E-state index in [1.54, 1.807) is 26.0 Å². The van der Waals surface area contributed by atoms with Gasteiger partial charge in [0.2, 0.25) is 5.75 Å². The van der Waals surface area contributed by atoms with Crippen LogP contribution in [0.3, 0.4) is 0 Å². The SMILES string of the molecule is CCC1=C(C(=O)OC(C)C)C(c2cc(OC)c(OCc3ccccc3)c(OC)c2)NC(=O)N1. The first kappa shape index (κ1) is 24.0. The molecule has 33 heavy (non-hydrogen) atoms. The monoisotopic (exact) mass is 454 g/mol. The lowest BCUT2D eigenvalue weighted by molar-refractivity contribution is -0.143. The van der Waals surface area contributed by atoms with E-state index in [0.29, 0.717) is 47.1 Å². The lowest BCUT2D eigenvalue weighted by atomic mass is 9.93. The van der Waals surface area contributed by atoms with Crippen molar-refractivity contribution in [2.45, 2.75) is 45.9 Å². The molecule has 0 bridgehead atoms. The van der Waals surface area contributed by atoms with Crippen LogP contribution in [-0.4, -0.2) is 32.3 Å². The summed E-state index contributed by atoms with van der Waals surface area (Å²) in [5, 5.41) is 5.54. The zero-order chi connectivity index (χ0) is 24.0. The second-order valence-corrected chi connectivity index (χ2v) is 7.76. The van der Waals surface area contributed by atoms with E-state index in [1.807, 2.05) is 37.3 Å². The molecule has 1 aliphatic rings. The molecule has 0 saturated carbocycles. The van der Waals surface area contributed by atoms with Gasteiger partial charge >= 0.3 is 12.0 Å². The number of urea groups is 1. The third-order valence-electron chi connectivity index (χ3n) is 5.11. The fourth-order valence-corrected chi connectivity index (χ4v) is 3.60. The Labute approximate surface area is 193 Å². The van der Waals surface area contributed by atoms with Gasteiger partial charge in [0.25, 0.3) is 0 Å². The molecule has 3 rings (SSSR count). The Bertz CT molecular complexity index is 1010. The largest absolute Gasteiger partial charge is 0.493 e. The average Bonchev–Trinajstić information content (AvgIpc) is 2.81. The first-order valence-corrected chi connectivity index (χ1v) is 10.8. The van der Waals surface area contributed by atoms with E-state index in [-0.39, 0.29) is 6.10 Å². The summed E-state index contributed by atoms with van der Waals surface area (Å²) in [5.41, 5.74) is 2.45. The van der Waals surface area contributed by atoms with Crippen LogP contribution in [-0.2, 0) is 16.1 Å². The summed E-state index contributed by atoms with van der Waals surface area (Å²) in [5.74, 6) is 0.769. The highest BCUT2D eigenvalue weighted by atomic mass is 16.5. The van der Waals surface area contributed by atoms with Gasteiger partial charge in [0.05, 0.1) is 31.9 Å². The summed E-state index contributed by atoms with van der Waals surface area (Å²) in [6.07, 6.45) is 0.151. The molecule has 0 aliphatic carbocycles. The molecule has 8 heteroatoms. The van der Waals surface area contributed by atoms with Gasteiger partial charge in [-0.1, -0.05) is 37.3 Å². The molecule has 176 valence electrons. The molecule has 1 atom stereocenters. The van der Waals surface area contributed by atoms with Gasteiger partial charge in [0.15, 0.2) is 11.5 Å². The summed E-state index contributed by atoms with van der Waals surface area (Å²) >= 11 is 0. The molecule has 1 heterocycles. The molecular formula is C25H30N2O6. The molecule has 2 aromatic carbocycles. The first-order chi connectivity index (χ1) is 15.9. The maximum absolute atomic E-state index is 12.9. The van der Waals surface area contributed by atoms with Crippen molar-refractivity contribution in [3.8, 4) is 17.2 Å². The Morgan fingerprint density at radius 2 is 1.70 bits per heavy atom. The third kappa shape index (κ3) is 5.58. The van der Waals surface area contributed by atoms with Crippen molar-refractivity contribution in [1.82, 2.24) is 10.6 Å². The highest BCUT2D eigenvalue weighted by molar-refractivity contribution is 5.95. The Morgan fingerprint density at radius 1 is 1.06 bits per heavy atom. The van der Waals surface area contributed by atoms with Crippen LogP contribution < -0.4 is 24.8 Å². The van der Waals surface area contributed by atoms with Crippen LogP contribution >= 0.6 is 0 Å². The Hall–Kier alpha value is -3.68. The summed E-state index contributed by atoms with van der Waals surface area (Å²) in [6, 6.07) is 12.0. The van der Waals surface area contributed by atoms with E-state index >= 15 is 0 Å². The first-order valence-electron chi connectivity index (χ1n) is 10.8. The number of hydrogen-bond donors (Lipinski definition) is 2. The van der Waals surface area contributed by atoms with Crippen molar-refractivity contribution in [2.75, 3.05) is 14.2 Å². The number of carbonyl (C=O) groups excluding carboxylic acids is 2. The van der Waals surface area contributed by atoms with Gasteiger partial charge in [-0.15, -0.1) is 0 Å². The predicted octanol–water partition coefficient (Wildman–Crippen LogP) is 4.25. The molecule has 1 aliphatic heterocycles. The molecule has 0 aromatic heterocycles. The molecule has 0 radical (unpaired) electrons. The van der Waals surface area contributed by atoms with Gasteiger partial charge in [0, 0.05) is 5.70 Å². The maximum Gasteiger partial charge on any atom is 0.338 e. The van der Waals surface area contributed by atoms with Crippen LogP contribution in [0.15, 0.2) is 53.7 Å². The van der Waals surface area contributed by atoms with Crippen LogP contribution in [0.5, 0.6) is 17.2 Å². The van der Waals surface area contributed by atoms with Crippen molar-refractivity contribution in [3.05, 3.63) is 64.9 Å². The average molecular weight is 455 g/mol. The third-order valence-corrected chi connectivity index (χ3v) is 5.11. The number of rotatable bonds is 9. The van der Waals surface area contributed by atoms with Gasteiger partial charge in [-0.05, 0) is 43.5 Å². The molecule has 0 spiro atoms. The summed E-state index contributed by atoms with van der Waals surface area (Å²) in [7, 11) is 3.05. The number of carbonyl (C=O) groups is 2. The standard InChI is InChI=1S/C25H30N2O6/c1-6-18-21(24(28)33-15(2)3)22(27-25(29)26-18)17-12-19(30-4)23(20(13-17)31-5)32-14-16-10-8-7-9-11-16/h7-13,15,22H,6,14H2,1-5H3,(H2,26,27,29). The maximum atomic E-state index is 12.9. The van der Waals surface area contributed by atoms with Gasteiger partial charge in [-0.2, -0.15) is 0 Å². The molecule has 2 N–H and O–H groups in total. The number of esters is 1. The van der Waals surface area contributed by atoms with E-state index in [1.165, 1.54) is 14.2 Å². The fourth-order valence-electron chi connectivity index (χ4n) is 3.60. The number of allylic oxidation sites excluding steroid dienone is 1. The second kappa shape index (κ2) is 10.8. The van der Waals surface area contributed by atoms with Crippen molar-refractivity contribution < 1.29 is 28.5 Å². The number of benzene rings is 2. The summed E-state index contributed by atoms with van der Waals surface area (Å²) < 4.78 is 22.6. The highest BCUT2D eigenvalue weighted by Gasteiger charge is 2.34. The number of ether oxygens (including phenoxy) is 4. The molecule has 0 fully saturated rings. The van der Waals surface area contributed by atoms with Crippen molar-refractivity contribution in [2.24, 2.45) is 0 Å². The van der Waals surface area contributed by atoms with E-state index in [9.17, 15) is 9.59 Å². The Kier molecular flexibility index (Phi) is 7.82. The quantitative estimate of drug-likeness (QED) is 0.550.